The summed E-state index contributed by atoms with van der Waals surface area (Å²) in [5, 5.41) is 1.16. The van der Waals surface area contributed by atoms with E-state index in [1.807, 2.05) is 6.07 Å². The second-order valence-electron chi connectivity index (χ2n) is 6.39. The third-order valence-corrected chi connectivity index (χ3v) is 4.88. The van der Waals surface area contributed by atoms with Gasteiger partial charge in [0.15, 0.2) is 0 Å². The summed E-state index contributed by atoms with van der Waals surface area (Å²) in [6.45, 7) is 4.39. The number of aryl methyl sites for hydroxylation is 1. The first-order valence-corrected chi connectivity index (χ1v) is 8.01. The number of hydrogen-bond acceptors (Lipinski definition) is 4. The largest absolute Gasteiger partial charge is 0.497 e. The van der Waals surface area contributed by atoms with E-state index in [-0.39, 0.29) is 0 Å². The number of aromatic nitrogens is 1. The number of nitrogens with zero attached hydrogens (tertiary/aromatic N) is 2. The van der Waals surface area contributed by atoms with Crippen LogP contribution < -0.4 is 14.4 Å². The monoisotopic (exact) mass is 298 g/mol. The van der Waals surface area contributed by atoms with E-state index in [0.29, 0.717) is 0 Å². The Bertz CT molecular complexity index is 738. The Labute approximate surface area is 131 Å². The third-order valence-electron chi connectivity index (χ3n) is 4.88. The number of rotatable bonds is 4. The Hall–Kier alpha value is -1.97. The highest BCUT2D eigenvalue weighted by Crippen LogP contribution is 2.43. The van der Waals surface area contributed by atoms with E-state index in [9.17, 15) is 0 Å². The van der Waals surface area contributed by atoms with Crippen molar-refractivity contribution in [2.45, 2.75) is 26.2 Å². The number of hydrogen-bond donors (Lipinski definition) is 0. The zero-order valence-electron chi connectivity index (χ0n) is 13.5. The topological polar surface area (TPSA) is 34.6 Å². The van der Waals surface area contributed by atoms with Crippen LogP contribution in [0.1, 0.15) is 24.1 Å². The average molecular weight is 298 g/mol. The molecule has 22 heavy (non-hydrogen) atoms. The van der Waals surface area contributed by atoms with Crippen molar-refractivity contribution in [1.29, 1.82) is 0 Å². The summed E-state index contributed by atoms with van der Waals surface area (Å²) in [6, 6.07) is 4.02. The molecule has 1 fully saturated rings. The molecule has 0 amide bonds. The molecule has 1 aliphatic carbocycles. The normalized spacial score (nSPS) is 17.0. The van der Waals surface area contributed by atoms with Crippen molar-refractivity contribution in [2.75, 3.05) is 32.2 Å². The highest BCUT2D eigenvalue weighted by molar-refractivity contribution is 5.99. The quantitative estimate of drug-likeness (QED) is 0.867. The number of anilines is 1. The van der Waals surface area contributed by atoms with Gasteiger partial charge in [-0.05, 0) is 43.7 Å². The molecule has 2 aromatic rings. The lowest BCUT2D eigenvalue weighted by atomic mass is 10.1. The molecule has 116 valence electrons. The van der Waals surface area contributed by atoms with Crippen LogP contribution in [0.5, 0.6) is 11.5 Å². The maximum atomic E-state index is 5.55. The fraction of sp³-hybridized carbons (Fsp3) is 0.500. The molecule has 1 aromatic carbocycles. The highest BCUT2D eigenvalue weighted by atomic mass is 16.5. The Kier molecular flexibility index (Phi) is 3.13. The second-order valence-corrected chi connectivity index (χ2v) is 6.39. The maximum absolute atomic E-state index is 5.55. The number of fused-ring (bicyclic) bond motifs is 3. The molecule has 1 aromatic heterocycles. The fourth-order valence-corrected chi connectivity index (χ4v) is 3.53. The SMILES string of the molecule is COc1cc(OC)c2nc(C)c3c(c2c1)N(CC1CC1)CC3. The van der Waals surface area contributed by atoms with Gasteiger partial charge in [0, 0.05) is 30.2 Å². The van der Waals surface area contributed by atoms with E-state index in [2.05, 4.69) is 17.9 Å². The summed E-state index contributed by atoms with van der Waals surface area (Å²) in [4.78, 5) is 7.36. The maximum Gasteiger partial charge on any atom is 0.148 e. The van der Waals surface area contributed by atoms with Gasteiger partial charge in [-0.25, -0.2) is 4.98 Å². The molecule has 2 heterocycles. The van der Waals surface area contributed by atoms with Gasteiger partial charge in [-0.2, -0.15) is 0 Å². The van der Waals surface area contributed by atoms with E-state index in [0.717, 1.165) is 47.0 Å². The van der Waals surface area contributed by atoms with Crippen LogP contribution in [-0.2, 0) is 6.42 Å². The molecular formula is C18H22N2O2. The molecule has 4 rings (SSSR count). The number of benzene rings is 1. The Morgan fingerprint density at radius 3 is 2.73 bits per heavy atom. The molecule has 0 radical (unpaired) electrons. The van der Waals surface area contributed by atoms with Crippen LogP contribution in [0.4, 0.5) is 5.69 Å². The Morgan fingerprint density at radius 2 is 2.05 bits per heavy atom. The first kappa shape index (κ1) is 13.7. The molecule has 0 saturated heterocycles. The number of pyridine rings is 1. The molecule has 0 spiro atoms. The standard InChI is InChI=1S/C18H22N2O2/c1-11-14-6-7-20(10-12-4-5-12)18(14)15-8-13(21-2)9-16(22-3)17(15)19-11/h8-9,12H,4-7,10H2,1-3H3. The molecule has 1 aliphatic heterocycles. The summed E-state index contributed by atoms with van der Waals surface area (Å²) in [5.74, 6) is 2.50. The van der Waals surface area contributed by atoms with E-state index >= 15 is 0 Å². The van der Waals surface area contributed by atoms with Gasteiger partial charge in [-0.15, -0.1) is 0 Å². The first-order chi connectivity index (χ1) is 10.7. The van der Waals surface area contributed by atoms with E-state index < -0.39 is 0 Å². The minimum Gasteiger partial charge on any atom is -0.497 e. The molecule has 1 saturated carbocycles. The van der Waals surface area contributed by atoms with Gasteiger partial charge in [-0.1, -0.05) is 0 Å². The van der Waals surface area contributed by atoms with Crippen molar-refractivity contribution in [3.8, 4) is 11.5 Å². The summed E-state index contributed by atoms with van der Waals surface area (Å²) in [6.07, 6.45) is 3.84. The van der Waals surface area contributed by atoms with Gasteiger partial charge in [-0.3, -0.25) is 0 Å². The van der Waals surface area contributed by atoms with Gasteiger partial charge >= 0.3 is 0 Å². The molecular weight excluding hydrogens is 276 g/mol. The summed E-state index contributed by atoms with van der Waals surface area (Å²) in [7, 11) is 3.39. The van der Waals surface area contributed by atoms with Gasteiger partial charge in [0.25, 0.3) is 0 Å². The van der Waals surface area contributed by atoms with Crippen LogP contribution in [0.15, 0.2) is 12.1 Å². The number of methoxy groups -OCH3 is 2. The van der Waals surface area contributed by atoms with E-state index in [1.54, 1.807) is 14.2 Å². The molecule has 4 heteroatoms. The zero-order chi connectivity index (χ0) is 15.3. The molecule has 2 aliphatic rings. The third kappa shape index (κ3) is 2.09. The van der Waals surface area contributed by atoms with Crippen LogP contribution in [0.25, 0.3) is 10.9 Å². The number of ether oxygens (including phenoxy) is 2. The summed E-state index contributed by atoms with van der Waals surface area (Å²) < 4.78 is 11.0. The van der Waals surface area contributed by atoms with Crippen molar-refractivity contribution in [3.05, 3.63) is 23.4 Å². The second kappa shape index (κ2) is 5.04. The molecule has 4 nitrogen and oxygen atoms in total. The zero-order valence-corrected chi connectivity index (χ0v) is 13.5. The van der Waals surface area contributed by atoms with Crippen molar-refractivity contribution < 1.29 is 9.47 Å². The Morgan fingerprint density at radius 1 is 1.23 bits per heavy atom. The van der Waals surface area contributed by atoms with Crippen LogP contribution >= 0.6 is 0 Å². The summed E-state index contributed by atoms with van der Waals surface area (Å²) in [5.41, 5.74) is 4.82. The Balaban J connectivity index is 1.95. The first-order valence-electron chi connectivity index (χ1n) is 8.01. The highest BCUT2D eigenvalue weighted by Gasteiger charge is 2.31. The van der Waals surface area contributed by atoms with Gasteiger partial charge in [0.05, 0.1) is 19.9 Å². The molecule has 0 unspecified atom stereocenters. The van der Waals surface area contributed by atoms with Crippen molar-refractivity contribution in [3.63, 3.8) is 0 Å². The van der Waals surface area contributed by atoms with Crippen molar-refractivity contribution >= 4 is 16.6 Å². The van der Waals surface area contributed by atoms with Crippen LogP contribution in [0.2, 0.25) is 0 Å². The lowest BCUT2D eigenvalue weighted by Crippen LogP contribution is -2.23. The molecule has 0 N–H and O–H groups in total. The van der Waals surface area contributed by atoms with Gasteiger partial charge in [0.1, 0.15) is 17.0 Å². The van der Waals surface area contributed by atoms with E-state index in [4.69, 9.17) is 14.5 Å². The molecule has 0 atom stereocenters. The van der Waals surface area contributed by atoms with Crippen molar-refractivity contribution in [2.24, 2.45) is 5.92 Å². The lowest BCUT2D eigenvalue weighted by Gasteiger charge is -2.22. The fourth-order valence-electron chi connectivity index (χ4n) is 3.53. The smallest absolute Gasteiger partial charge is 0.148 e. The van der Waals surface area contributed by atoms with Crippen molar-refractivity contribution in [1.82, 2.24) is 4.98 Å². The molecule has 0 bridgehead atoms. The minimum absolute atomic E-state index is 0.790. The predicted octanol–water partition coefficient (Wildman–Crippen LogP) is 3.33. The van der Waals surface area contributed by atoms with Crippen LogP contribution in [-0.4, -0.2) is 32.3 Å². The summed E-state index contributed by atoms with van der Waals surface area (Å²) >= 11 is 0. The van der Waals surface area contributed by atoms with Crippen LogP contribution in [0, 0.1) is 12.8 Å². The lowest BCUT2D eigenvalue weighted by molar-refractivity contribution is 0.397. The predicted molar refractivity (Wildman–Crippen MR) is 88.2 cm³/mol. The van der Waals surface area contributed by atoms with E-state index in [1.165, 1.54) is 30.6 Å². The van der Waals surface area contributed by atoms with Gasteiger partial charge < -0.3 is 14.4 Å². The minimum atomic E-state index is 0.790. The van der Waals surface area contributed by atoms with Gasteiger partial charge in [0.2, 0.25) is 0 Å². The average Bonchev–Trinajstić information content (AvgIpc) is 3.24. The van der Waals surface area contributed by atoms with Crippen LogP contribution in [0.3, 0.4) is 0 Å².